The molecular formula is C32H32N4O6. The number of rotatable bonds is 2. The summed E-state index contributed by atoms with van der Waals surface area (Å²) in [5.74, 6) is 0.820. The van der Waals surface area contributed by atoms with Crippen molar-refractivity contribution in [2.75, 3.05) is 26.8 Å². The molecule has 8 rings (SSSR count). The average Bonchev–Trinajstić information content (AvgIpc) is 3.02. The van der Waals surface area contributed by atoms with E-state index in [0.717, 1.165) is 11.1 Å². The molecule has 5 heterocycles. The minimum Gasteiger partial charge on any atom is -0.493 e. The number of amides is 3. The van der Waals surface area contributed by atoms with Crippen LogP contribution in [-0.2, 0) is 22.6 Å². The monoisotopic (exact) mass is 568 g/mol. The fraction of sp³-hybridized carbons (Fsp3) is 0.312. The van der Waals surface area contributed by atoms with Crippen LogP contribution in [0.3, 0.4) is 0 Å². The van der Waals surface area contributed by atoms with Crippen molar-refractivity contribution in [3.8, 4) is 23.3 Å². The molecule has 2 N–H and O–H groups in total. The maximum atomic E-state index is 13.3. The first kappa shape index (κ1) is 28.5. The van der Waals surface area contributed by atoms with Crippen molar-refractivity contribution in [2.45, 2.75) is 38.0 Å². The van der Waals surface area contributed by atoms with Gasteiger partial charge in [-0.05, 0) is 60.0 Å². The van der Waals surface area contributed by atoms with Crippen LogP contribution in [0.5, 0.6) is 17.2 Å². The van der Waals surface area contributed by atoms with Crippen LogP contribution in [0.4, 0.5) is 0 Å². The van der Waals surface area contributed by atoms with Gasteiger partial charge < -0.3 is 29.7 Å². The standard InChI is InChI=1S/C32H32N4O6/c1-40-29-16-21-7-11-28(29)41-20-31(38)35-26-19-36(32(39)24-4-2-3-23(15-24)17-33)14-13-27(26)42-25-9-5-22(6-10-25)18-34-30(37)12-8-21/h2-7,9-11,15-16,26-27H,8,12-14,18-20H2,1H3,(H,34,37)(H,35,38)/t26-,27-/m1/s1. The number of nitrogens with zero attached hydrogens (tertiary/aromatic N) is 2. The van der Waals surface area contributed by atoms with Crippen molar-refractivity contribution in [2.24, 2.45) is 0 Å². The minimum absolute atomic E-state index is 0.0656. The van der Waals surface area contributed by atoms with E-state index < -0.39 is 12.1 Å². The van der Waals surface area contributed by atoms with E-state index >= 15 is 0 Å². The molecule has 5 aliphatic heterocycles. The van der Waals surface area contributed by atoms with Crippen molar-refractivity contribution in [3.05, 3.63) is 89.0 Å². The van der Waals surface area contributed by atoms with Gasteiger partial charge in [-0.1, -0.05) is 24.3 Å². The van der Waals surface area contributed by atoms with E-state index in [4.69, 9.17) is 14.2 Å². The molecule has 42 heavy (non-hydrogen) atoms. The number of hydrogen-bond acceptors (Lipinski definition) is 7. The number of carbonyl (C=O) groups is 3. The van der Waals surface area contributed by atoms with Gasteiger partial charge in [0, 0.05) is 38.0 Å². The summed E-state index contributed by atoms with van der Waals surface area (Å²) in [6, 6.07) is 20.9. The number of aryl methyl sites for hydroxylation is 1. The highest BCUT2D eigenvalue weighted by molar-refractivity contribution is 5.94. The number of nitriles is 1. The van der Waals surface area contributed by atoms with Gasteiger partial charge in [-0.2, -0.15) is 5.26 Å². The van der Waals surface area contributed by atoms with Gasteiger partial charge in [-0.15, -0.1) is 0 Å². The zero-order valence-electron chi connectivity index (χ0n) is 23.3. The van der Waals surface area contributed by atoms with Crippen LogP contribution in [0.15, 0.2) is 66.7 Å². The van der Waals surface area contributed by atoms with Gasteiger partial charge >= 0.3 is 0 Å². The molecule has 0 aliphatic carbocycles. The lowest BCUT2D eigenvalue weighted by Crippen LogP contribution is -2.58. The summed E-state index contributed by atoms with van der Waals surface area (Å²) >= 11 is 0. The third-order valence-electron chi connectivity index (χ3n) is 7.35. The molecule has 1 fully saturated rings. The molecular weight excluding hydrogens is 536 g/mol. The molecule has 10 nitrogen and oxygen atoms in total. The van der Waals surface area contributed by atoms with Gasteiger partial charge in [-0.25, -0.2) is 0 Å². The number of ether oxygens (including phenoxy) is 3. The van der Waals surface area contributed by atoms with E-state index in [1.54, 1.807) is 41.3 Å². The summed E-state index contributed by atoms with van der Waals surface area (Å²) in [4.78, 5) is 40.5. The van der Waals surface area contributed by atoms with Gasteiger partial charge in [0.15, 0.2) is 18.1 Å². The Kier molecular flexibility index (Phi) is 8.87. The highest BCUT2D eigenvalue weighted by Crippen LogP contribution is 2.29. The van der Waals surface area contributed by atoms with Crippen molar-refractivity contribution < 1.29 is 28.6 Å². The molecule has 3 amide bonds. The van der Waals surface area contributed by atoms with Crippen molar-refractivity contribution in [3.63, 3.8) is 0 Å². The Balaban J connectivity index is 1.38. The lowest BCUT2D eigenvalue weighted by molar-refractivity contribution is -0.125. The average molecular weight is 569 g/mol. The molecule has 1 saturated heterocycles. The van der Waals surface area contributed by atoms with Gasteiger partial charge in [-0.3, -0.25) is 14.4 Å². The normalized spacial score (nSPS) is 19.3. The van der Waals surface area contributed by atoms with Gasteiger partial charge in [0.2, 0.25) is 5.91 Å². The second kappa shape index (κ2) is 13.1. The van der Waals surface area contributed by atoms with E-state index in [2.05, 4.69) is 16.7 Å². The van der Waals surface area contributed by atoms with Crippen molar-refractivity contribution in [1.82, 2.24) is 15.5 Å². The summed E-state index contributed by atoms with van der Waals surface area (Å²) < 4.78 is 17.6. The Morgan fingerprint density at radius 3 is 2.62 bits per heavy atom. The van der Waals surface area contributed by atoms with Gasteiger partial charge in [0.05, 0.1) is 24.8 Å². The first-order valence-electron chi connectivity index (χ1n) is 13.8. The number of likely N-dealkylation sites (tertiary alicyclic amines) is 1. The molecule has 0 aromatic heterocycles. The van der Waals surface area contributed by atoms with E-state index in [-0.39, 0.29) is 30.9 Å². The number of benzene rings is 3. The topological polar surface area (TPSA) is 130 Å². The molecule has 216 valence electrons. The zero-order valence-corrected chi connectivity index (χ0v) is 23.3. The van der Waals surface area contributed by atoms with E-state index in [1.807, 2.05) is 30.3 Å². The van der Waals surface area contributed by atoms with Crippen molar-refractivity contribution >= 4 is 17.7 Å². The minimum atomic E-state index is -0.521. The van der Waals surface area contributed by atoms with Crippen LogP contribution in [0, 0.1) is 11.3 Å². The number of nitrogens with one attached hydrogen (secondary N) is 2. The smallest absolute Gasteiger partial charge is 0.258 e. The van der Waals surface area contributed by atoms with E-state index in [1.165, 1.54) is 7.11 Å². The summed E-state index contributed by atoms with van der Waals surface area (Å²) in [7, 11) is 1.52. The first-order valence-corrected chi connectivity index (χ1v) is 13.8. The summed E-state index contributed by atoms with van der Waals surface area (Å²) in [5, 5.41) is 15.2. The summed E-state index contributed by atoms with van der Waals surface area (Å²) in [5.41, 5.74) is 2.65. The molecule has 4 bridgehead atoms. The summed E-state index contributed by atoms with van der Waals surface area (Å²) in [6.45, 7) is 0.751. The Morgan fingerprint density at radius 1 is 1.02 bits per heavy atom. The van der Waals surface area contributed by atoms with Crippen LogP contribution >= 0.6 is 0 Å². The first-order chi connectivity index (χ1) is 20.4. The SMILES string of the molecule is COc1cc2ccc1OCC(=O)N[C@@H]1CN(C(=O)c3cccc(C#N)c3)CC[C@H]1Oc1ccc(cc1)CNC(=O)CC2. The van der Waals surface area contributed by atoms with Crippen LogP contribution in [0.1, 0.15) is 39.9 Å². The lowest BCUT2D eigenvalue weighted by atomic mass is 10.00. The van der Waals surface area contributed by atoms with Crippen LogP contribution in [0.2, 0.25) is 0 Å². The molecule has 0 spiro atoms. The van der Waals surface area contributed by atoms with Crippen LogP contribution < -0.4 is 24.8 Å². The van der Waals surface area contributed by atoms with Crippen LogP contribution in [-0.4, -0.2) is 61.6 Å². The molecule has 10 heteroatoms. The maximum Gasteiger partial charge on any atom is 0.258 e. The van der Waals surface area contributed by atoms with Gasteiger partial charge in [0.25, 0.3) is 11.8 Å². The second-order valence-corrected chi connectivity index (χ2v) is 10.3. The molecule has 3 aromatic carbocycles. The largest absolute Gasteiger partial charge is 0.493 e. The number of carbonyl (C=O) groups excluding carboxylic acids is 3. The van der Waals surface area contributed by atoms with Crippen LogP contribution in [0.25, 0.3) is 0 Å². The maximum absolute atomic E-state index is 13.3. The number of methoxy groups -OCH3 is 1. The summed E-state index contributed by atoms with van der Waals surface area (Å²) in [6.07, 6.45) is 0.907. The van der Waals surface area contributed by atoms with E-state index in [9.17, 15) is 19.6 Å². The lowest BCUT2D eigenvalue weighted by Gasteiger charge is -2.39. The quantitative estimate of drug-likeness (QED) is 0.486. The van der Waals surface area contributed by atoms with E-state index in [0.29, 0.717) is 60.7 Å². The Bertz CT molecular complexity index is 1500. The Hall–Kier alpha value is -5.04. The molecule has 3 aromatic rings. The van der Waals surface area contributed by atoms with Gasteiger partial charge in [0.1, 0.15) is 11.9 Å². The molecule has 2 atom stereocenters. The molecule has 0 saturated carbocycles. The third-order valence-corrected chi connectivity index (χ3v) is 7.35. The third kappa shape index (κ3) is 6.99. The number of hydrogen-bond donors (Lipinski definition) is 2. The predicted molar refractivity (Wildman–Crippen MR) is 153 cm³/mol. The highest BCUT2D eigenvalue weighted by Gasteiger charge is 2.34. The fourth-order valence-corrected chi connectivity index (χ4v) is 5.09. The predicted octanol–water partition coefficient (Wildman–Crippen LogP) is 2.99. The Morgan fingerprint density at radius 2 is 1.83 bits per heavy atom. The highest BCUT2D eigenvalue weighted by atomic mass is 16.5. The Labute approximate surface area is 244 Å². The fourth-order valence-electron chi connectivity index (χ4n) is 5.09. The second-order valence-electron chi connectivity index (χ2n) is 10.3. The molecule has 0 radical (unpaired) electrons. The van der Waals surface area contributed by atoms with Crippen molar-refractivity contribution in [1.29, 1.82) is 5.26 Å². The number of piperidine rings is 1. The molecule has 5 aliphatic rings. The zero-order chi connectivity index (χ0) is 29.5. The molecule has 0 unspecified atom stereocenters.